The smallest absolute Gasteiger partial charge is 0.127 e. The van der Waals surface area contributed by atoms with Crippen molar-refractivity contribution in [2.75, 3.05) is 11.5 Å². The second-order valence-corrected chi connectivity index (χ2v) is 5.38. The van der Waals surface area contributed by atoms with E-state index < -0.39 is 0 Å². The fourth-order valence-corrected chi connectivity index (χ4v) is 2.06. The van der Waals surface area contributed by atoms with Crippen molar-refractivity contribution in [3.05, 3.63) is 57.6 Å². The minimum Gasteiger partial charge on any atom is -0.399 e. The number of anilines is 2. The van der Waals surface area contributed by atoms with Gasteiger partial charge in [-0.15, -0.1) is 0 Å². The Morgan fingerprint density at radius 3 is 2.00 bits per heavy atom. The summed E-state index contributed by atoms with van der Waals surface area (Å²) in [6.07, 6.45) is 1.36. The Bertz CT molecular complexity index is 615. The van der Waals surface area contributed by atoms with Crippen molar-refractivity contribution in [1.82, 2.24) is 0 Å². The second kappa shape index (κ2) is 7.98. The van der Waals surface area contributed by atoms with Gasteiger partial charge in [-0.25, -0.2) is 8.78 Å². The van der Waals surface area contributed by atoms with Gasteiger partial charge in [0.15, 0.2) is 0 Å². The predicted octanol–water partition coefficient (Wildman–Crippen LogP) is 4.70. The lowest BCUT2D eigenvalue weighted by atomic mass is 10.1. The normalized spacial score (nSPS) is 9.95. The Morgan fingerprint density at radius 2 is 1.48 bits per heavy atom. The number of rotatable bonds is 2. The highest BCUT2D eigenvalue weighted by Gasteiger charge is 2.03. The molecule has 4 N–H and O–H groups in total. The van der Waals surface area contributed by atoms with Crippen LogP contribution in [0.25, 0.3) is 0 Å². The number of halogens is 3. The molecule has 0 unspecified atom stereocenters. The summed E-state index contributed by atoms with van der Waals surface area (Å²) in [5, 5.41) is 0. The van der Waals surface area contributed by atoms with Crippen molar-refractivity contribution in [3.8, 4) is 0 Å². The summed E-state index contributed by atoms with van der Waals surface area (Å²) in [5.41, 5.74) is 13.5. The molecule has 0 fully saturated rings. The highest BCUT2D eigenvalue weighted by molar-refractivity contribution is 9.10. The summed E-state index contributed by atoms with van der Waals surface area (Å²) < 4.78 is 26.3. The van der Waals surface area contributed by atoms with Gasteiger partial charge in [-0.2, -0.15) is 0 Å². The van der Waals surface area contributed by atoms with Crippen LogP contribution in [0.5, 0.6) is 0 Å². The second-order valence-electron chi connectivity index (χ2n) is 4.52. The van der Waals surface area contributed by atoms with Crippen LogP contribution in [0.4, 0.5) is 20.2 Å². The molecule has 0 spiro atoms. The van der Waals surface area contributed by atoms with Crippen molar-refractivity contribution < 1.29 is 8.78 Å². The molecule has 0 atom stereocenters. The van der Waals surface area contributed by atoms with E-state index in [-0.39, 0.29) is 11.6 Å². The van der Waals surface area contributed by atoms with Crippen LogP contribution in [-0.4, -0.2) is 0 Å². The molecule has 2 aromatic rings. The lowest BCUT2D eigenvalue weighted by Crippen LogP contribution is -1.93. The van der Waals surface area contributed by atoms with Crippen molar-refractivity contribution in [2.24, 2.45) is 0 Å². The fourth-order valence-electron chi connectivity index (χ4n) is 1.75. The minimum absolute atomic E-state index is 0.170. The molecule has 0 bridgehead atoms. The van der Waals surface area contributed by atoms with Crippen molar-refractivity contribution >= 4 is 27.3 Å². The first-order valence-electron chi connectivity index (χ1n) is 6.66. The van der Waals surface area contributed by atoms with Gasteiger partial charge in [0.05, 0.1) is 0 Å². The first kappa shape index (κ1) is 17.4. The maximum Gasteiger partial charge on any atom is 0.127 e. The molecular formula is C16H19BrF2N2. The van der Waals surface area contributed by atoms with E-state index >= 15 is 0 Å². The lowest BCUT2D eigenvalue weighted by molar-refractivity contribution is 0.611. The summed E-state index contributed by atoms with van der Waals surface area (Å²) >= 11 is 3.14. The molecule has 114 valence electrons. The Kier molecular flexibility index (Phi) is 6.62. The van der Waals surface area contributed by atoms with Gasteiger partial charge in [0.25, 0.3) is 0 Å². The SMILES string of the molecule is CCc1cc(N)c(Br)cc1F.CCc1cc(N)ccc1F. The number of aryl methyl sites for hydroxylation is 2. The van der Waals surface area contributed by atoms with E-state index in [2.05, 4.69) is 15.9 Å². The third kappa shape index (κ3) is 5.01. The molecule has 5 heteroatoms. The van der Waals surface area contributed by atoms with E-state index in [9.17, 15) is 8.78 Å². The molecule has 0 saturated heterocycles. The summed E-state index contributed by atoms with van der Waals surface area (Å²) in [6, 6.07) is 7.67. The summed E-state index contributed by atoms with van der Waals surface area (Å²) in [5.74, 6) is -0.370. The third-order valence-electron chi connectivity index (χ3n) is 3.00. The zero-order valence-corrected chi connectivity index (χ0v) is 13.7. The van der Waals surface area contributed by atoms with Gasteiger partial charge in [0.1, 0.15) is 11.6 Å². The summed E-state index contributed by atoms with van der Waals surface area (Å²) in [6.45, 7) is 3.80. The summed E-state index contributed by atoms with van der Waals surface area (Å²) in [4.78, 5) is 0. The molecule has 2 aromatic carbocycles. The van der Waals surface area contributed by atoms with E-state index in [4.69, 9.17) is 11.5 Å². The average Bonchev–Trinajstić information content (AvgIpc) is 2.46. The Hall–Kier alpha value is -1.62. The van der Waals surface area contributed by atoms with E-state index in [0.717, 1.165) is 0 Å². The topological polar surface area (TPSA) is 52.0 Å². The molecule has 0 amide bonds. The van der Waals surface area contributed by atoms with Crippen LogP contribution in [0.1, 0.15) is 25.0 Å². The van der Waals surface area contributed by atoms with Crippen LogP contribution in [0.2, 0.25) is 0 Å². The van der Waals surface area contributed by atoms with Crippen LogP contribution in [-0.2, 0) is 12.8 Å². The van der Waals surface area contributed by atoms with Crippen molar-refractivity contribution in [3.63, 3.8) is 0 Å². The molecule has 0 aliphatic carbocycles. The maximum absolute atomic E-state index is 12.9. The molecule has 0 heterocycles. The number of benzene rings is 2. The van der Waals surface area contributed by atoms with Gasteiger partial charge in [0.2, 0.25) is 0 Å². The van der Waals surface area contributed by atoms with Gasteiger partial charge in [-0.05, 0) is 70.2 Å². The molecular weight excluding hydrogens is 338 g/mol. The summed E-state index contributed by atoms with van der Waals surface area (Å²) in [7, 11) is 0. The van der Waals surface area contributed by atoms with Crippen LogP contribution in [0.15, 0.2) is 34.8 Å². The monoisotopic (exact) mass is 356 g/mol. The minimum atomic E-state index is -0.200. The van der Waals surface area contributed by atoms with Gasteiger partial charge in [-0.3, -0.25) is 0 Å². The molecule has 0 aliphatic rings. The quantitative estimate of drug-likeness (QED) is 0.766. The molecule has 0 aromatic heterocycles. The van der Waals surface area contributed by atoms with Crippen molar-refractivity contribution in [2.45, 2.75) is 26.7 Å². The Balaban J connectivity index is 0.000000211. The van der Waals surface area contributed by atoms with Gasteiger partial charge >= 0.3 is 0 Å². The van der Waals surface area contributed by atoms with Crippen LogP contribution in [0.3, 0.4) is 0 Å². The van der Waals surface area contributed by atoms with Gasteiger partial charge in [0, 0.05) is 15.8 Å². The highest BCUT2D eigenvalue weighted by Crippen LogP contribution is 2.23. The average molecular weight is 357 g/mol. The van der Waals surface area contributed by atoms with Crippen LogP contribution < -0.4 is 11.5 Å². The van der Waals surface area contributed by atoms with E-state index in [0.29, 0.717) is 39.8 Å². The largest absolute Gasteiger partial charge is 0.399 e. The number of hydrogen-bond donors (Lipinski definition) is 2. The molecule has 0 radical (unpaired) electrons. The first-order valence-corrected chi connectivity index (χ1v) is 7.45. The predicted molar refractivity (Wildman–Crippen MR) is 88.1 cm³/mol. The van der Waals surface area contributed by atoms with E-state index in [1.165, 1.54) is 12.1 Å². The standard InChI is InChI=1S/C8H9BrFN.C8H10FN/c1-2-5-3-8(11)6(9)4-7(5)10;1-2-6-5-7(10)3-4-8(6)9/h3-4H,2,11H2,1H3;3-5H,2,10H2,1H3. The Morgan fingerprint density at radius 1 is 0.905 bits per heavy atom. The lowest BCUT2D eigenvalue weighted by Gasteiger charge is -2.02. The van der Waals surface area contributed by atoms with Crippen LogP contribution in [0, 0.1) is 11.6 Å². The zero-order chi connectivity index (χ0) is 16.0. The number of nitrogens with two attached hydrogens (primary N) is 2. The van der Waals surface area contributed by atoms with Gasteiger partial charge in [-0.1, -0.05) is 13.8 Å². The van der Waals surface area contributed by atoms with E-state index in [1.807, 2.05) is 13.8 Å². The maximum atomic E-state index is 12.9. The van der Waals surface area contributed by atoms with Crippen molar-refractivity contribution in [1.29, 1.82) is 0 Å². The molecule has 0 saturated carbocycles. The molecule has 0 aliphatic heterocycles. The molecule has 2 rings (SSSR count). The third-order valence-corrected chi connectivity index (χ3v) is 3.68. The molecule has 2 nitrogen and oxygen atoms in total. The van der Waals surface area contributed by atoms with Gasteiger partial charge < -0.3 is 11.5 Å². The fraction of sp³-hybridized carbons (Fsp3) is 0.250. The number of nitrogen functional groups attached to an aromatic ring is 2. The highest BCUT2D eigenvalue weighted by atomic mass is 79.9. The van der Waals surface area contributed by atoms with E-state index in [1.54, 1.807) is 18.2 Å². The zero-order valence-electron chi connectivity index (χ0n) is 12.1. The molecule has 21 heavy (non-hydrogen) atoms. The Labute approximate surface area is 132 Å². The van der Waals surface area contributed by atoms with Crippen LogP contribution >= 0.6 is 15.9 Å². The number of hydrogen-bond acceptors (Lipinski definition) is 2. The first-order chi connectivity index (χ1) is 9.88.